The molecular weight excluding hydrogens is 441 g/mol. The fourth-order valence-corrected chi connectivity index (χ4v) is 5.06. The molecule has 1 aliphatic rings. The van der Waals surface area contributed by atoms with Gasteiger partial charge in [0.05, 0.1) is 12.6 Å². The minimum Gasteiger partial charge on any atom is -0.423 e. The molecule has 0 spiro atoms. The number of halogens is 1. The lowest BCUT2D eigenvalue weighted by atomic mass is 10.1. The number of thioether (sulfide) groups is 1. The van der Waals surface area contributed by atoms with Gasteiger partial charge in [-0.25, -0.2) is 9.18 Å². The number of nitrogens with zero attached hydrogens (tertiary/aromatic N) is 3. The average Bonchev–Trinajstić information content (AvgIpc) is 3.48. The van der Waals surface area contributed by atoms with Crippen molar-refractivity contribution in [3.8, 4) is 11.4 Å². The highest BCUT2D eigenvalue weighted by Crippen LogP contribution is 2.30. The third kappa shape index (κ3) is 4.72. The van der Waals surface area contributed by atoms with E-state index >= 15 is 0 Å². The third-order valence-electron chi connectivity index (χ3n) is 5.89. The van der Waals surface area contributed by atoms with Crippen molar-refractivity contribution in [3.05, 3.63) is 75.9 Å². The monoisotopic (exact) mass is 465 g/mol. The molecule has 1 saturated heterocycles. The highest BCUT2D eigenvalue weighted by molar-refractivity contribution is 7.98. The van der Waals surface area contributed by atoms with Crippen LogP contribution in [-0.2, 0) is 23.5 Å². The van der Waals surface area contributed by atoms with Gasteiger partial charge in [0.15, 0.2) is 11.0 Å². The van der Waals surface area contributed by atoms with E-state index in [2.05, 4.69) is 23.2 Å². The molecule has 1 atom stereocenters. The van der Waals surface area contributed by atoms with Crippen LogP contribution in [0.3, 0.4) is 0 Å². The van der Waals surface area contributed by atoms with Gasteiger partial charge in [-0.05, 0) is 60.7 Å². The van der Waals surface area contributed by atoms with Gasteiger partial charge in [-0.3, -0.25) is 4.57 Å². The van der Waals surface area contributed by atoms with Crippen LogP contribution in [0.1, 0.15) is 30.9 Å². The fourth-order valence-electron chi connectivity index (χ4n) is 4.12. The van der Waals surface area contributed by atoms with Crippen molar-refractivity contribution in [2.24, 2.45) is 0 Å². The molecule has 1 aliphatic heterocycles. The van der Waals surface area contributed by atoms with Crippen molar-refractivity contribution < 1.29 is 13.5 Å². The Morgan fingerprint density at radius 2 is 2.00 bits per heavy atom. The largest absolute Gasteiger partial charge is 0.423 e. The second kappa shape index (κ2) is 9.49. The lowest BCUT2D eigenvalue weighted by Gasteiger charge is -2.15. The number of fused-ring (bicyclic) bond motifs is 1. The Labute approximate surface area is 194 Å². The van der Waals surface area contributed by atoms with Crippen LogP contribution in [0, 0.1) is 5.82 Å². The van der Waals surface area contributed by atoms with Crippen molar-refractivity contribution in [2.45, 2.75) is 49.7 Å². The Morgan fingerprint density at radius 1 is 1.15 bits per heavy atom. The number of aromatic nitrogens is 3. The van der Waals surface area contributed by atoms with E-state index in [9.17, 15) is 9.18 Å². The first-order valence-electron chi connectivity index (χ1n) is 11.1. The zero-order valence-corrected chi connectivity index (χ0v) is 19.1. The van der Waals surface area contributed by atoms with Crippen LogP contribution in [0.15, 0.2) is 62.9 Å². The maximum atomic E-state index is 13.5. The Morgan fingerprint density at radius 3 is 2.76 bits per heavy atom. The topological polar surface area (TPSA) is 70.2 Å². The molecule has 0 N–H and O–H groups in total. The van der Waals surface area contributed by atoms with Gasteiger partial charge < -0.3 is 9.15 Å². The summed E-state index contributed by atoms with van der Waals surface area (Å²) < 4.78 is 26.8. The van der Waals surface area contributed by atoms with Gasteiger partial charge in [-0.15, -0.1) is 10.2 Å². The van der Waals surface area contributed by atoms with Gasteiger partial charge in [0.1, 0.15) is 11.4 Å². The van der Waals surface area contributed by atoms with Crippen LogP contribution in [0.4, 0.5) is 4.39 Å². The molecule has 8 heteroatoms. The lowest BCUT2D eigenvalue weighted by molar-refractivity contribution is 0.0953. The van der Waals surface area contributed by atoms with E-state index in [1.165, 1.54) is 23.9 Å². The van der Waals surface area contributed by atoms with Crippen molar-refractivity contribution in [1.82, 2.24) is 14.8 Å². The first-order valence-corrected chi connectivity index (χ1v) is 12.1. The predicted molar refractivity (Wildman–Crippen MR) is 126 cm³/mol. The van der Waals surface area contributed by atoms with Crippen molar-refractivity contribution in [3.63, 3.8) is 0 Å². The molecule has 170 valence electrons. The fraction of sp³-hybridized carbons (Fsp3) is 0.320. The number of hydrogen-bond acceptors (Lipinski definition) is 6. The molecule has 3 heterocycles. The van der Waals surface area contributed by atoms with E-state index < -0.39 is 0 Å². The molecule has 33 heavy (non-hydrogen) atoms. The Bertz CT molecular complexity index is 1330. The van der Waals surface area contributed by atoms with Gasteiger partial charge in [-0.1, -0.05) is 30.8 Å². The minimum atomic E-state index is -0.362. The smallest absolute Gasteiger partial charge is 0.336 e. The van der Waals surface area contributed by atoms with Crippen LogP contribution < -0.4 is 5.63 Å². The molecule has 0 amide bonds. The molecule has 0 aliphatic carbocycles. The molecule has 1 fully saturated rings. The van der Waals surface area contributed by atoms with E-state index in [-0.39, 0.29) is 17.5 Å². The third-order valence-corrected chi connectivity index (χ3v) is 6.90. The molecule has 0 saturated carbocycles. The highest BCUT2D eigenvalue weighted by atomic mass is 32.2. The summed E-state index contributed by atoms with van der Waals surface area (Å²) in [4.78, 5) is 12.2. The van der Waals surface area contributed by atoms with Gasteiger partial charge in [0.25, 0.3) is 0 Å². The number of benzene rings is 2. The number of rotatable bonds is 7. The maximum Gasteiger partial charge on any atom is 0.336 e. The molecule has 2 aromatic carbocycles. The summed E-state index contributed by atoms with van der Waals surface area (Å²) >= 11 is 1.51. The van der Waals surface area contributed by atoms with Gasteiger partial charge in [-0.2, -0.15) is 0 Å². The zero-order valence-electron chi connectivity index (χ0n) is 18.3. The normalized spacial score (nSPS) is 16.0. The van der Waals surface area contributed by atoms with Crippen LogP contribution in [0.25, 0.3) is 22.4 Å². The first-order chi connectivity index (χ1) is 16.1. The molecule has 0 radical (unpaired) electrons. The van der Waals surface area contributed by atoms with Gasteiger partial charge in [0, 0.05) is 29.4 Å². The Hall–Kier alpha value is -2.97. The summed E-state index contributed by atoms with van der Waals surface area (Å²) in [6, 6.07) is 13.8. The van der Waals surface area contributed by atoms with Crippen molar-refractivity contribution in [1.29, 1.82) is 0 Å². The standard InChI is InChI=1S/C25H24FN3O3S/c1-2-16-5-10-21-18(13-23(30)32-22(21)12-16)15-33-25-28-27-24(17-6-8-19(26)9-7-17)29(25)14-20-4-3-11-31-20/h5-10,12-13,20H,2-4,11,14-15H2,1H3. The number of ether oxygens (including phenoxy) is 1. The quantitative estimate of drug-likeness (QED) is 0.275. The first kappa shape index (κ1) is 21.9. The SMILES string of the molecule is CCc1ccc2c(CSc3nnc(-c4ccc(F)cc4)n3CC3CCCO3)cc(=O)oc2c1. The predicted octanol–water partition coefficient (Wildman–Crippen LogP) is 5.22. The molecule has 5 rings (SSSR count). The Kier molecular flexibility index (Phi) is 6.28. The van der Waals surface area contributed by atoms with Crippen LogP contribution in [0.5, 0.6) is 0 Å². The van der Waals surface area contributed by atoms with Crippen LogP contribution >= 0.6 is 11.8 Å². The van der Waals surface area contributed by atoms with Gasteiger partial charge in [0.2, 0.25) is 0 Å². The van der Waals surface area contributed by atoms with Crippen molar-refractivity contribution >= 4 is 22.7 Å². The van der Waals surface area contributed by atoms with E-state index in [1.807, 2.05) is 16.7 Å². The summed E-state index contributed by atoms with van der Waals surface area (Å²) in [5.41, 5.74) is 3.05. The van der Waals surface area contributed by atoms with Crippen LogP contribution in [0.2, 0.25) is 0 Å². The van der Waals surface area contributed by atoms with Crippen molar-refractivity contribution in [2.75, 3.05) is 6.61 Å². The average molecular weight is 466 g/mol. The maximum absolute atomic E-state index is 13.5. The second-order valence-electron chi connectivity index (χ2n) is 8.12. The zero-order chi connectivity index (χ0) is 22.8. The van der Waals surface area contributed by atoms with Gasteiger partial charge >= 0.3 is 5.63 Å². The highest BCUT2D eigenvalue weighted by Gasteiger charge is 2.22. The summed E-state index contributed by atoms with van der Waals surface area (Å²) in [6.45, 7) is 3.45. The molecular formula is C25H24FN3O3S. The summed E-state index contributed by atoms with van der Waals surface area (Å²) in [5, 5.41) is 10.5. The van der Waals surface area contributed by atoms with E-state index in [0.29, 0.717) is 23.7 Å². The second-order valence-corrected chi connectivity index (χ2v) is 9.06. The Balaban J connectivity index is 1.47. The van der Waals surface area contributed by atoms with E-state index in [0.717, 1.165) is 53.1 Å². The minimum absolute atomic E-state index is 0.0941. The summed E-state index contributed by atoms with van der Waals surface area (Å²) in [7, 11) is 0. The number of aryl methyl sites for hydroxylation is 1. The summed E-state index contributed by atoms with van der Waals surface area (Å²) in [6.07, 6.45) is 2.98. The summed E-state index contributed by atoms with van der Waals surface area (Å²) in [5.74, 6) is 0.929. The van der Waals surface area contributed by atoms with E-state index in [1.54, 1.807) is 18.2 Å². The van der Waals surface area contributed by atoms with E-state index in [4.69, 9.17) is 9.15 Å². The lowest BCUT2D eigenvalue weighted by Crippen LogP contribution is -2.16. The molecule has 1 unspecified atom stereocenters. The number of hydrogen-bond donors (Lipinski definition) is 0. The molecule has 0 bridgehead atoms. The van der Waals surface area contributed by atoms with Crippen LogP contribution in [-0.4, -0.2) is 27.5 Å². The molecule has 2 aromatic heterocycles. The molecule has 4 aromatic rings. The molecule has 6 nitrogen and oxygen atoms in total.